The van der Waals surface area contributed by atoms with E-state index < -0.39 is 0 Å². The average Bonchev–Trinajstić information content (AvgIpc) is 2.79. The number of hydrogen-bond donors (Lipinski definition) is 2. The fourth-order valence-corrected chi connectivity index (χ4v) is 2.89. The van der Waals surface area contributed by atoms with Crippen LogP contribution >= 0.6 is 15.9 Å². The van der Waals surface area contributed by atoms with Crippen LogP contribution in [-0.2, 0) is 4.79 Å². The minimum absolute atomic E-state index is 0.200. The number of carbonyl (C=O) groups excluding carboxylic acids is 2. The van der Waals surface area contributed by atoms with Crippen molar-refractivity contribution < 1.29 is 19.1 Å². The van der Waals surface area contributed by atoms with Gasteiger partial charge in [-0.15, -0.1) is 0 Å². The van der Waals surface area contributed by atoms with E-state index in [-0.39, 0.29) is 18.4 Å². The number of nitrogens with zero attached hydrogens (tertiary/aromatic N) is 1. The number of anilines is 1. The largest absolute Gasteiger partial charge is 0.495 e. The number of hydrogen-bond acceptors (Lipinski definition) is 5. The van der Waals surface area contributed by atoms with Crippen LogP contribution in [0.15, 0.2) is 82.4 Å². The first-order valence-corrected chi connectivity index (χ1v) is 10.1. The molecule has 3 aromatic carbocycles. The number of para-hydroxylation sites is 3. The first kappa shape index (κ1) is 22.0. The van der Waals surface area contributed by atoms with Crippen LogP contribution in [0.2, 0.25) is 0 Å². The van der Waals surface area contributed by atoms with Gasteiger partial charge in [-0.3, -0.25) is 9.59 Å². The van der Waals surface area contributed by atoms with Gasteiger partial charge in [0.25, 0.3) is 11.8 Å². The minimum Gasteiger partial charge on any atom is -0.495 e. The molecule has 0 heterocycles. The third-order valence-corrected chi connectivity index (χ3v) is 4.66. The van der Waals surface area contributed by atoms with Crippen LogP contribution in [0, 0.1) is 0 Å². The highest BCUT2D eigenvalue weighted by molar-refractivity contribution is 9.10. The summed E-state index contributed by atoms with van der Waals surface area (Å²) in [4.78, 5) is 24.4. The number of rotatable bonds is 8. The highest BCUT2D eigenvalue weighted by Gasteiger charge is 2.09. The van der Waals surface area contributed by atoms with Gasteiger partial charge in [0.2, 0.25) is 0 Å². The molecule has 0 atom stereocenters. The smallest absolute Gasteiger partial charge is 0.271 e. The molecule has 0 aliphatic carbocycles. The van der Waals surface area contributed by atoms with Crippen molar-refractivity contribution in [2.24, 2.45) is 5.10 Å². The molecule has 3 aromatic rings. The minimum atomic E-state index is -0.335. The second-order valence-electron chi connectivity index (χ2n) is 6.28. The molecule has 0 bridgehead atoms. The quantitative estimate of drug-likeness (QED) is 0.372. The summed E-state index contributed by atoms with van der Waals surface area (Å²) in [6.45, 7) is -0.200. The van der Waals surface area contributed by atoms with Gasteiger partial charge in [0.1, 0.15) is 11.5 Å². The number of nitrogens with one attached hydrogen (secondary N) is 2. The highest BCUT2D eigenvalue weighted by atomic mass is 79.9. The van der Waals surface area contributed by atoms with E-state index in [1.807, 2.05) is 6.07 Å². The van der Waals surface area contributed by atoms with Crippen LogP contribution in [0.3, 0.4) is 0 Å². The number of methoxy groups -OCH3 is 1. The summed E-state index contributed by atoms with van der Waals surface area (Å²) in [6.07, 6.45) is 1.46. The van der Waals surface area contributed by atoms with E-state index in [1.54, 1.807) is 66.7 Å². The molecule has 0 fully saturated rings. The molecule has 8 heteroatoms. The van der Waals surface area contributed by atoms with E-state index in [1.165, 1.54) is 13.3 Å². The number of halogens is 1. The Morgan fingerprint density at radius 3 is 2.39 bits per heavy atom. The highest BCUT2D eigenvalue weighted by Crippen LogP contribution is 2.23. The molecule has 31 heavy (non-hydrogen) atoms. The molecular formula is C23H20BrN3O4. The summed E-state index contributed by atoms with van der Waals surface area (Å²) in [5, 5.41) is 6.73. The molecule has 0 saturated heterocycles. The summed E-state index contributed by atoms with van der Waals surface area (Å²) in [5.74, 6) is 0.349. The van der Waals surface area contributed by atoms with Crippen LogP contribution in [-0.4, -0.2) is 31.7 Å². The van der Waals surface area contributed by atoms with Gasteiger partial charge in [0.15, 0.2) is 6.61 Å². The Balaban J connectivity index is 1.58. The summed E-state index contributed by atoms with van der Waals surface area (Å²) < 4.78 is 11.7. The van der Waals surface area contributed by atoms with Crippen molar-refractivity contribution in [2.75, 3.05) is 19.0 Å². The van der Waals surface area contributed by atoms with Crippen molar-refractivity contribution in [3.05, 3.63) is 88.4 Å². The summed E-state index contributed by atoms with van der Waals surface area (Å²) in [5.41, 5.74) is 4.13. The van der Waals surface area contributed by atoms with Crippen molar-refractivity contribution in [1.29, 1.82) is 0 Å². The SMILES string of the molecule is COc1ccccc1NC(=O)COc1ccccc1C=NNC(=O)c1ccc(Br)cc1. The van der Waals surface area contributed by atoms with Gasteiger partial charge in [0, 0.05) is 15.6 Å². The molecule has 7 nitrogen and oxygen atoms in total. The molecule has 0 spiro atoms. The molecule has 3 rings (SSSR count). The lowest BCUT2D eigenvalue weighted by atomic mass is 10.2. The van der Waals surface area contributed by atoms with Crippen molar-refractivity contribution in [1.82, 2.24) is 5.43 Å². The molecule has 2 amide bonds. The third-order valence-electron chi connectivity index (χ3n) is 4.13. The molecule has 0 aliphatic rings. The van der Waals surface area contributed by atoms with Crippen LogP contribution in [0.4, 0.5) is 5.69 Å². The maximum absolute atomic E-state index is 12.3. The number of benzene rings is 3. The number of ether oxygens (including phenoxy) is 2. The Morgan fingerprint density at radius 2 is 1.65 bits per heavy atom. The standard InChI is InChI=1S/C23H20BrN3O4/c1-30-21-9-5-3-7-19(21)26-22(28)15-31-20-8-4-2-6-17(20)14-25-27-23(29)16-10-12-18(24)13-11-16/h2-14H,15H2,1H3,(H,26,28)(H,27,29). The van der Waals surface area contributed by atoms with Crippen LogP contribution < -0.4 is 20.2 Å². The molecule has 2 N–H and O–H groups in total. The summed E-state index contributed by atoms with van der Waals surface area (Å²) in [7, 11) is 1.53. The van der Waals surface area contributed by atoms with Crippen LogP contribution in [0.25, 0.3) is 0 Å². The second kappa shape index (κ2) is 10.9. The van der Waals surface area contributed by atoms with E-state index >= 15 is 0 Å². The predicted octanol–water partition coefficient (Wildman–Crippen LogP) is 4.24. The Bertz CT molecular complexity index is 1080. The Hall–Kier alpha value is -3.65. The number of carbonyl (C=O) groups is 2. The normalized spacial score (nSPS) is 10.5. The van der Waals surface area contributed by atoms with Gasteiger partial charge in [0.05, 0.1) is 19.0 Å². The Morgan fingerprint density at radius 1 is 0.968 bits per heavy atom. The van der Waals surface area contributed by atoms with Crippen molar-refractivity contribution in [3.63, 3.8) is 0 Å². The van der Waals surface area contributed by atoms with Crippen molar-refractivity contribution in [3.8, 4) is 11.5 Å². The van der Waals surface area contributed by atoms with Gasteiger partial charge in [-0.2, -0.15) is 5.10 Å². The van der Waals surface area contributed by atoms with Crippen molar-refractivity contribution >= 4 is 39.6 Å². The van der Waals surface area contributed by atoms with E-state index in [0.717, 1.165) is 4.47 Å². The van der Waals surface area contributed by atoms with Gasteiger partial charge in [-0.1, -0.05) is 40.2 Å². The second-order valence-corrected chi connectivity index (χ2v) is 7.20. The number of amides is 2. The lowest BCUT2D eigenvalue weighted by Crippen LogP contribution is -2.21. The van der Waals surface area contributed by atoms with E-state index in [4.69, 9.17) is 9.47 Å². The zero-order chi connectivity index (χ0) is 22.1. The summed E-state index contributed by atoms with van der Waals surface area (Å²) >= 11 is 3.33. The van der Waals surface area contributed by atoms with Gasteiger partial charge in [-0.05, 0) is 48.5 Å². The van der Waals surface area contributed by atoms with Gasteiger partial charge in [-0.25, -0.2) is 5.43 Å². The molecule has 0 radical (unpaired) electrons. The van der Waals surface area contributed by atoms with E-state index in [0.29, 0.717) is 28.3 Å². The zero-order valence-electron chi connectivity index (χ0n) is 16.7. The first-order valence-electron chi connectivity index (χ1n) is 9.30. The van der Waals surface area contributed by atoms with E-state index in [9.17, 15) is 9.59 Å². The Labute approximate surface area is 188 Å². The lowest BCUT2D eigenvalue weighted by Gasteiger charge is -2.11. The molecule has 0 aromatic heterocycles. The molecule has 0 saturated carbocycles. The van der Waals surface area contributed by atoms with Gasteiger partial charge >= 0.3 is 0 Å². The zero-order valence-corrected chi connectivity index (χ0v) is 18.3. The lowest BCUT2D eigenvalue weighted by molar-refractivity contribution is -0.118. The monoisotopic (exact) mass is 481 g/mol. The fourth-order valence-electron chi connectivity index (χ4n) is 2.62. The predicted molar refractivity (Wildman–Crippen MR) is 123 cm³/mol. The van der Waals surface area contributed by atoms with Crippen LogP contribution in [0.1, 0.15) is 15.9 Å². The Kier molecular flexibility index (Phi) is 7.78. The fraction of sp³-hybridized carbons (Fsp3) is 0.0870. The molecule has 0 unspecified atom stereocenters. The number of hydrazone groups is 1. The topological polar surface area (TPSA) is 89.0 Å². The van der Waals surface area contributed by atoms with E-state index in [2.05, 4.69) is 31.8 Å². The summed E-state index contributed by atoms with van der Waals surface area (Å²) in [6, 6.07) is 21.1. The van der Waals surface area contributed by atoms with Crippen molar-refractivity contribution in [2.45, 2.75) is 0 Å². The molecule has 0 aliphatic heterocycles. The third kappa shape index (κ3) is 6.42. The average molecular weight is 482 g/mol. The molecular weight excluding hydrogens is 462 g/mol. The maximum atomic E-state index is 12.3. The molecule has 158 valence electrons. The van der Waals surface area contributed by atoms with Gasteiger partial charge < -0.3 is 14.8 Å². The maximum Gasteiger partial charge on any atom is 0.271 e. The van der Waals surface area contributed by atoms with Crippen LogP contribution in [0.5, 0.6) is 11.5 Å². The first-order chi connectivity index (χ1) is 15.1.